The summed E-state index contributed by atoms with van der Waals surface area (Å²) in [5.74, 6) is -0.475. The number of methoxy groups -OCH3 is 2. The number of hydrogen-bond acceptors (Lipinski definition) is 5. The highest BCUT2D eigenvalue weighted by molar-refractivity contribution is 6.00. The van der Waals surface area contributed by atoms with Crippen molar-refractivity contribution in [3.63, 3.8) is 0 Å². The zero-order valence-corrected chi connectivity index (χ0v) is 15.6. The molecule has 138 valence electrons. The summed E-state index contributed by atoms with van der Waals surface area (Å²) in [6.07, 6.45) is -0.989. The molecule has 2 aromatic rings. The Morgan fingerprint density at radius 2 is 1.54 bits per heavy atom. The molecule has 0 saturated carbocycles. The number of nitrogens with one attached hydrogen (secondary N) is 1. The molecule has 0 unspecified atom stereocenters. The van der Waals surface area contributed by atoms with E-state index in [1.807, 2.05) is 26.0 Å². The fourth-order valence-corrected chi connectivity index (χ4v) is 2.45. The van der Waals surface area contributed by atoms with E-state index in [0.717, 1.165) is 11.1 Å². The van der Waals surface area contributed by atoms with Crippen molar-refractivity contribution in [1.29, 1.82) is 0 Å². The summed E-state index contributed by atoms with van der Waals surface area (Å²) in [6, 6.07) is 10.6. The number of anilines is 1. The maximum absolute atomic E-state index is 12.5. The van der Waals surface area contributed by atoms with E-state index in [1.165, 1.54) is 21.1 Å². The van der Waals surface area contributed by atoms with Crippen LogP contribution in [-0.4, -0.2) is 32.2 Å². The molecule has 2 aromatic carbocycles. The van der Waals surface area contributed by atoms with E-state index >= 15 is 0 Å². The standard InChI is InChI=1S/C20H23NO5/c1-12-8-6-9-15(13(12)2)21-19(22)14(3)26-20(23)18-16(24-4)10-7-11-17(18)25-5/h6-11,14H,1-5H3,(H,21,22)/t14-/m0/s1. The molecule has 0 bridgehead atoms. The number of amides is 1. The van der Waals surface area contributed by atoms with Gasteiger partial charge in [-0.3, -0.25) is 4.79 Å². The Labute approximate surface area is 153 Å². The van der Waals surface area contributed by atoms with Gasteiger partial charge in [0.15, 0.2) is 6.10 Å². The first-order valence-corrected chi connectivity index (χ1v) is 8.18. The van der Waals surface area contributed by atoms with Crippen molar-refractivity contribution in [2.45, 2.75) is 26.9 Å². The van der Waals surface area contributed by atoms with Gasteiger partial charge >= 0.3 is 5.97 Å². The lowest BCUT2D eigenvalue weighted by Gasteiger charge is -2.17. The van der Waals surface area contributed by atoms with Gasteiger partial charge in [-0.2, -0.15) is 0 Å². The van der Waals surface area contributed by atoms with Crippen molar-refractivity contribution in [3.8, 4) is 11.5 Å². The van der Waals surface area contributed by atoms with Crippen molar-refractivity contribution in [3.05, 3.63) is 53.1 Å². The summed E-state index contributed by atoms with van der Waals surface area (Å²) < 4.78 is 15.7. The Kier molecular flexibility index (Phi) is 6.22. The number of esters is 1. The van der Waals surface area contributed by atoms with Crippen LogP contribution in [0.4, 0.5) is 5.69 Å². The minimum absolute atomic E-state index is 0.142. The number of benzene rings is 2. The molecule has 1 atom stereocenters. The first-order valence-electron chi connectivity index (χ1n) is 8.18. The quantitative estimate of drug-likeness (QED) is 0.801. The Balaban J connectivity index is 2.14. The predicted molar refractivity (Wildman–Crippen MR) is 99.0 cm³/mol. The third kappa shape index (κ3) is 4.14. The molecule has 6 heteroatoms. The van der Waals surface area contributed by atoms with E-state index in [1.54, 1.807) is 24.3 Å². The van der Waals surface area contributed by atoms with Gasteiger partial charge in [-0.05, 0) is 50.1 Å². The van der Waals surface area contributed by atoms with Gasteiger partial charge in [0.1, 0.15) is 17.1 Å². The number of rotatable bonds is 6. The van der Waals surface area contributed by atoms with Crippen LogP contribution in [0.2, 0.25) is 0 Å². The van der Waals surface area contributed by atoms with Gasteiger partial charge in [0.2, 0.25) is 0 Å². The third-order valence-corrected chi connectivity index (χ3v) is 4.15. The molecule has 0 heterocycles. The van der Waals surface area contributed by atoms with Crippen molar-refractivity contribution in [1.82, 2.24) is 0 Å². The molecule has 0 spiro atoms. The molecular weight excluding hydrogens is 334 g/mol. The van der Waals surface area contributed by atoms with Crippen LogP contribution in [0.3, 0.4) is 0 Å². The summed E-state index contributed by atoms with van der Waals surface area (Å²) in [4.78, 5) is 24.9. The molecule has 0 aliphatic rings. The van der Waals surface area contributed by atoms with Gasteiger partial charge in [-0.15, -0.1) is 0 Å². The van der Waals surface area contributed by atoms with Gasteiger partial charge < -0.3 is 19.5 Å². The molecule has 2 rings (SSSR count). The largest absolute Gasteiger partial charge is 0.496 e. The van der Waals surface area contributed by atoms with Gasteiger partial charge in [-0.25, -0.2) is 4.79 Å². The number of ether oxygens (including phenoxy) is 3. The van der Waals surface area contributed by atoms with Gasteiger partial charge in [0.25, 0.3) is 5.91 Å². The van der Waals surface area contributed by atoms with Crippen LogP contribution in [-0.2, 0) is 9.53 Å². The molecule has 0 fully saturated rings. The van der Waals surface area contributed by atoms with Crippen molar-refractivity contribution >= 4 is 17.6 Å². The second-order valence-electron chi connectivity index (χ2n) is 5.82. The first-order chi connectivity index (χ1) is 12.4. The highest BCUT2D eigenvalue weighted by Crippen LogP contribution is 2.29. The average molecular weight is 357 g/mol. The maximum atomic E-state index is 12.5. The number of aryl methyl sites for hydroxylation is 1. The zero-order valence-electron chi connectivity index (χ0n) is 15.6. The Hall–Kier alpha value is -3.02. The van der Waals surface area contributed by atoms with Crippen LogP contribution in [0.15, 0.2) is 36.4 Å². The molecule has 0 radical (unpaired) electrons. The monoisotopic (exact) mass is 357 g/mol. The van der Waals surface area contributed by atoms with Crippen LogP contribution in [0.5, 0.6) is 11.5 Å². The lowest BCUT2D eigenvalue weighted by Crippen LogP contribution is -2.30. The highest BCUT2D eigenvalue weighted by Gasteiger charge is 2.25. The Morgan fingerprint density at radius 3 is 2.12 bits per heavy atom. The number of carbonyl (C=O) groups excluding carboxylic acids is 2. The van der Waals surface area contributed by atoms with Gasteiger partial charge in [0.05, 0.1) is 14.2 Å². The fraction of sp³-hybridized carbons (Fsp3) is 0.300. The molecule has 6 nitrogen and oxygen atoms in total. The van der Waals surface area contributed by atoms with E-state index in [-0.39, 0.29) is 5.56 Å². The molecule has 0 aromatic heterocycles. The summed E-state index contributed by atoms with van der Waals surface area (Å²) >= 11 is 0. The summed E-state index contributed by atoms with van der Waals surface area (Å²) in [7, 11) is 2.89. The SMILES string of the molecule is COc1cccc(OC)c1C(=O)O[C@@H](C)C(=O)Nc1cccc(C)c1C. The van der Waals surface area contributed by atoms with E-state index in [0.29, 0.717) is 17.2 Å². The van der Waals surface area contributed by atoms with E-state index in [2.05, 4.69) is 5.32 Å². The summed E-state index contributed by atoms with van der Waals surface area (Å²) in [5.41, 5.74) is 2.86. The molecular formula is C20H23NO5. The summed E-state index contributed by atoms with van der Waals surface area (Å²) in [6.45, 7) is 5.39. The van der Waals surface area contributed by atoms with Crippen molar-refractivity contribution in [2.75, 3.05) is 19.5 Å². The molecule has 1 amide bonds. The minimum Gasteiger partial charge on any atom is -0.496 e. The van der Waals surface area contributed by atoms with Crippen LogP contribution in [0.1, 0.15) is 28.4 Å². The molecule has 26 heavy (non-hydrogen) atoms. The second-order valence-corrected chi connectivity index (χ2v) is 5.82. The normalized spacial score (nSPS) is 11.4. The first kappa shape index (κ1) is 19.3. The smallest absolute Gasteiger partial charge is 0.346 e. The second kappa shape index (κ2) is 8.38. The predicted octanol–water partition coefficient (Wildman–Crippen LogP) is 3.50. The van der Waals surface area contributed by atoms with Gasteiger partial charge in [0, 0.05) is 5.69 Å². The lowest BCUT2D eigenvalue weighted by atomic mass is 10.1. The van der Waals surface area contributed by atoms with Crippen LogP contribution in [0, 0.1) is 13.8 Å². The van der Waals surface area contributed by atoms with Gasteiger partial charge in [-0.1, -0.05) is 18.2 Å². The van der Waals surface area contributed by atoms with E-state index in [9.17, 15) is 9.59 Å². The third-order valence-electron chi connectivity index (χ3n) is 4.15. The van der Waals surface area contributed by atoms with Crippen LogP contribution in [0.25, 0.3) is 0 Å². The number of carbonyl (C=O) groups is 2. The van der Waals surface area contributed by atoms with Crippen LogP contribution >= 0.6 is 0 Å². The van der Waals surface area contributed by atoms with E-state index < -0.39 is 18.0 Å². The van der Waals surface area contributed by atoms with Crippen LogP contribution < -0.4 is 14.8 Å². The topological polar surface area (TPSA) is 73.9 Å². The fourth-order valence-electron chi connectivity index (χ4n) is 2.45. The van der Waals surface area contributed by atoms with Crippen molar-refractivity contribution in [2.24, 2.45) is 0 Å². The summed E-state index contributed by atoms with van der Waals surface area (Å²) in [5, 5.41) is 2.79. The maximum Gasteiger partial charge on any atom is 0.346 e. The highest BCUT2D eigenvalue weighted by atomic mass is 16.6. The molecule has 0 aliphatic heterocycles. The molecule has 1 N–H and O–H groups in total. The van der Waals surface area contributed by atoms with Crippen molar-refractivity contribution < 1.29 is 23.8 Å². The zero-order chi connectivity index (χ0) is 19.3. The van der Waals surface area contributed by atoms with E-state index in [4.69, 9.17) is 14.2 Å². The Bertz CT molecular complexity index is 794. The number of hydrogen-bond donors (Lipinski definition) is 1. The average Bonchev–Trinajstić information content (AvgIpc) is 2.64. The minimum atomic E-state index is -0.989. The Morgan fingerprint density at radius 1 is 0.962 bits per heavy atom. The lowest BCUT2D eigenvalue weighted by molar-refractivity contribution is -0.123. The molecule has 0 aliphatic carbocycles. The molecule has 0 saturated heterocycles.